The number of benzene rings is 6. The number of nitro groups is 1. The van der Waals surface area contributed by atoms with Gasteiger partial charge >= 0.3 is 29.6 Å². The van der Waals surface area contributed by atoms with Gasteiger partial charge in [0.1, 0.15) is 28.7 Å². The van der Waals surface area contributed by atoms with E-state index in [4.69, 9.17) is 28.4 Å². The standard InChI is InChI=1S/C62H71NO12/c1-3-5-7-9-11-13-15-17-19-21-43-70-51-33-24-47(25-34-51)59(64)72-53-37-28-49(29-38-53)61(66)74-55-41-23-46-32-42-57(58(63(68)69)56(46)45-55)75-62(67)50-30-39-54(40-31-50)73-60(65)48-26-35-52(36-27-48)71-44-22-20-18-16-14-12-10-8-6-4-2/h23-42,45H,3-22,43-44H2,1-2H3. The molecule has 0 unspecified atom stereocenters. The molecule has 0 spiro atoms. The summed E-state index contributed by atoms with van der Waals surface area (Å²) in [6, 6.07) is 32.0. The zero-order valence-corrected chi connectivity index (χ0v) is 43.5. The van der Waals surface area contributed by atoms with Gasteiger partial charge in [0.2, 0.25) is 5.75 Å². The third kappa shape index (κ3) is 19.0. The van der Waals surface area contributed by atoms with Crippen LogP contribution in [0.25, 0.3) is 10.8 Å². The van der Waals surface area contributed by atoms with E-state index in [1.807, 2.05) is 0 Å². The summed E-state index contributed by atoms with van der Waals surface area (Å²) in [7, 11) is 0. The monoisotopic (exact) mass is 1020 g/mol. The van der Waals surface area contributed by atoms with Crippen LogP contribution in [0, 0.1) is 10.1 Å². The van der Waals surface area contributed by atoms with Crippen LogP contribution in [0.4, 0.5) is 5.69 Å². The molecule has 75 heavy (non-hydrogen) atoms. The van der Waals surface area contributed by atoms with Gasteiger partial charge in [-0.3, -0.25) is 10.1 Å². The highest BCUT2D eigenvalue weighted by atomic mass is 16.6. The Bertz CT molecular complexity index is 2730. The highest BCUT2D eigenvalue weighted by molar-refractivity contribution is 5.99. The highest BCUT2D eigenvalue weighted by Crippen LogP contribution is 2.38. The van der Waals surface area contributed by atoms with Crippen molar-refractivity contribution in [2.24, 2.45) is 0 Å². The van der Waals surface area contributed by atoms with Gasteiger partial charge < -0.3 is 28.4 Å². The summed E-state index contributed by atoms with van der Waals surface area (Å²) in [6.45, 7) is 5.69. The topological polar surface area (TPSA) is 167 Å². The fourth-order valence-corrected chi connectivity index (χ4v) is 8.51. The lowest BCUT2D eigenvalue weighted by molar-refractivity contribution is -0.383. The first kappa shape index (κ1) is 56.8. The number of ether oxygens (including phenoxy) is 6. The van der Waals surface area contributed by atoms with Crippen molar-refractivity contribution in [1.29, 1.82) is 0 Å². The van der Waals surface area contributed by atoms with Crippen LogP contribution in [0.5, 0.6) is 34.5 Å². The predicted octanol–water partition coefficient (Wildman–Crippen LogP) is 16.2. The molecule has 0 aliphatic carbocycles. The van der Waals surface area contributed by atoms with Crippen molar-refractivity contribution in [3.8, 4) is 34.5 Å². The van der Waals surface area contributed by atoms with Gasteiger partial charge in [0, 0.05) is 0 Å². The van der Waals surface area contributed by atoms with Crippen molar-refractivity contribution in [2.75, 3.05) is 13.2 Å². The van der Waals surface area contributed by atoms with Gasteiger partial charge in [0.15, 0.2) is 0 Å². The predicted molar refractivity (Wildman–Crippen MR) is 291 cm³/mol. The highest BCUT2D eigenvalue weighted by Gasteiger charge is 2.24. The molecule has 0 N–H and O–H groups in total. The van der Waals surface area contributed by atoms with E-state index < -0.39 is 34.5 Å². The molecule has 13 heteroatoms. The first-order chi connectivity index (χ1) is 36.6. The Morgan fingerprint density at radius 3 is 1.05 bits per heavy atom. The van der Waals surface area contributed by atoms with Gasteiger partial charge in [-0.25, -0.2) is 19.2 Å². The number of nitrogens with zero attached hydrogens (tertiary/aromatic N) is 1. The number of carbonyl (C=O) groups excluding carboxylic acids is 4. The molecule has 0 aromatic heterocycles. The summed E-state index contributed by atoms with van der Waals surface area (Å²) in [5.41, 5.74) is 0.312. The fraction of sp³-hybridized carbons (Fsp3) is 0.387. The van der Waals surface area contributed by atoms with Gasteiger partial charge in [-0.1, -0.05) is 142 Å². The van der Waals surface area contributed by atoms with Gasteiger partial charge in [-0.2, -0.15) is 0 Å². The molecule has 0 aliphatic heterocycles. The minimum Gasteiger partial charge on any atom is -0.494 e. The first-order valence-corrected chi connectivity index (χ1v) is 26.9. The zero-order valence-electron chi connectivity index (χ0n) is 43.5. The Kier molecular flexibility index (Phi) is 23.6. The van der Waals surface area contributed by atoms with Crippen LogP contribution in [0.3, 0.4) is 0 Å². The normalized spacial score (nSPS) is 11.0. The summed E-state index contributed by atoms with van der Waals surface area (Å²) in [6.07, 6.45) is 24.9. The van der Waals surface area contributed by atoms with Crippen molar-refractivity contribution in [2.45, 2.75) is 142 Å². The summed E-state index contributed by atoms with van der Waals surface area (Å²) in [5, 5.41) is 12.9. The number of fused-ring (bicyclic) bond motifs is 1. The molecule has 6 rings (SSSR count). The first-order valence-electron chi connectivity index (χ1n) is 26.9. The molecule has 0 saturated carbocycles. The Labute approximate surface area is 441 Å². The molecule has 0 aliphatic rings. The van der Waals surface area contributed by atoms with Crippen LogP contribution < -0.4 is 28.4 Å². The minimum absolute atomic E-state index is 0.000459. The van der Waals surface area contributed by atoms with Gasteiger partial charge in [0.05, 0.1) is 45.8 Å². The second kappa shape index (κ2) is 31.3. The minimum atomic E-state index is -0.891. The van der Waals surface area contributed by atoms with E-state index in [2.05, 4.69) is 13.8 Å². The number of hydrogen-bond acceptors (Lipinski definition) is 12. The number of hydrogen-bond donors (Lipinski definition) is 0. The molecular weight excluding hydrogens is 951 g/mol. The van der Waals surface area contributed by atoms with Crippen LogP contribution in [-0.2, 0) is 0 Å². The van der Waals surface area contributed by atoms with E-state index in [1.165, 1.54) is 169 Å². The van der Waals surface area contributed by atoms with E-state index >= 15 is 0 Å². The summed E-state index contributed by atoms with van der Waals surface area (Å²) < 4.78 is 33.9. The molecule has 0 atom stereocenters. The van der Waals surface area contributed by atoms with E-state index in [9.17, 15) is 29.3 Å². The molecule has 13 nitrogen and oxygen atoms in total. The summed E-state index contributed by atoms with van der Waals surface area (Å²) in [4.78, 5) is 64.0. The number of unbranched alkanes of at least 4 members (excludes halogenated alkanes) is 18. The second-order valence-electron chi connectivity index (χ2n) is 18.8. The van der Waals surface area contributed by atoms with Crippen molar-refractivity contribution in [3.05, 3.63) is 160 Å². The molecule has 6 aromatic carbocycles. The van der Waals surface area contributed by atoms with E-state index in [0.29, 0.717) is 41.2 Å². The molecule has 6 aromatic rings. The molecule has 0 bridgehead atoms. The molecule has 0 amide bonds. The summed E-state index contributed by atoms with van der Waals surface area (Å²) >= 11 is 0. The molecule has 0 saturated heterocycles. The molecule has 0 radical (unpaired) electrons. The average molecular weight is 1020 g/mol. The van der Waals surface area contributed by atoms with E-state index in [0.717, 1.165) is 25.7 Å². The van der Waals surface area contributed by atoms with Crippen LogP contribution >= 0.6 is 0 Å². The van der Waals surface area contributed by atoms with Crippen LogP contribution in [0.15, 0.2) is 127 Å². The van der Waals surface area contributed by atoms with E-state index in [1.54, 1.807) is 60.7 Å². The lowest BCUT2D eigenvalue weighted by Crippen LogP contribution is -2.11. The molecule has 0 heterocycles. The fourth-order valence-electron chi connectivity index (χ4n) is 8.51. The quantitative estimate of drug-likeness (QED) is 0.0126. The lowest BCUT2D eigenvalue weighted by Gasteiger charge is -2.10. The van der Waals surface area contributed by atoms with Gasteiger partial charge in [0.25, 0.3) is 0 Å². The third-order valence-corrected chi connectivity index (χ3v) is 12.8. The van der Waals surface area contributed by atoms with Crippen molar-refractivity contribution in [3.63, 3.8) is 0 Å². The number of nitro benzene ring substituents is 1. The number of rotatable bonds is 33. The molecule has 0 fully saturated rings. The SMILES string of the molecule is CCCCCCCCCCCCOc1ccc(C(=O)Oc2ccc(C(=O)Oc3ccc4ccc(OC(=O)c5ccc(OC(=O)c6ccc(OCCCCCCCCCCCC)cc6)cc5)c([N+](=O)[O-])c4c3)cc2)cc1. The van der Waals surface area contributed by atoms with Crippen molar-refractivity contribution < 1.29 is 52.5 Å². The van der Waals surface area contributed by atoms with Crippen LogP contribution in [0.2, 0.25) is 0 Å². The average Bonchev–Trinajstić information content (AvgIpc) is 3.42. The maximum absolute atomic E-state index is 13.3. The third-order valence-electron chi connectivity index (χ3n) is 12.8. The van der Waals surface area contributed by atoms with Crippen LogP contribution in [-0.4, -0.2) is 42.0 Å². The Morgan fingerprint density at radius 1 is 0.373 bits per heavy atom. The molecule has 396 valence electrons. The maximum atomic E-state index is 13.3. The largest absolute Gasteiger partial charge is 0.494 e. The second-order valence-corrected chi connectivity index (χ2v) is 18.8. The van der Waals surface area contributed by atoms with Gasteiger partial charge in [-0.15, -0.1) is 0 Å². The van der Waals surface area contributed by atoms with Gasteiger partial charge in [-0.05, 0) is 133 Å². The number of carbonyl (C=O) groups is 4. The van der Waals surface area contributed by atoms with E-state index in [-0.39, 0.29) is 39.5 Å². The Balaban J connectivity index is 0.940. The number of esters is 4. The molecular formula is C62H71NO12. The Hall–Kier alpha value is -7.54. The maximum Gasteiger partial charge on any atom is 0.343 e. The van der Waals surface area contributed by atoms with Crippen LogP contribution in [0.1, 0.15) is 184 Å². The van der Waals surface area contributed by atoms with Crippen molar-refractivity contribution in [1.82, 2.24) is 0 Å². The Morgan fingerprint density at radius 2 is 0.680 bits per heavy atom. The zero-order chi connectivity index (χ0) is 53.0. The smallest absolute Gasteiger partial charge is 0.343 e. The summed E-state index contributed by atoms with van der Waals surface area (Å²) in [5.74, 6) is -1.45. The van der Waals surface area contributed by atoms with Crippen molar-refractivity contribution >= 4 is 40.3 Å². The lowest BCUT2D eigenvalue weighted by atomic mass is 10.1.